The zero-order chi connectivity index (χ0) is 5.70. The van der Waals surface area contributed by atoms with Gasteiger partial charge < -0.3 is 0 Å². The van der Waals surface area contributed by atoms with Crippen molar-refractivity contribution in [3.63, 3.8) is 0 Å². The average molecular weight is 96.2 g/mol. The van der Waals surface area contributed by atoms with Crippen LogP contribution >= 0.6 is 0 Å². The molecular formula is C7H12. The molecule has 0 N–H and O–H groups in total. The normalized spacial score (nSPS) is 10.7. The van der Waals surface area contributed by atoms with Crippen LogP contribution in [-0.2, 0) is 0 Å². The average Bonchev–Trinajstić information content (AvgIpc) is 1.68. The summed E-state index contributed by atoms with van der Waals surface area (Å²) in [6.07, 6.45) is 5.45. The van der Waals surface area contributed by atoms with Crippen molar-refractivity contribution in [3.8, 4) is 0 Å². The minimum Gasteiger partial charge on any atom is -0.0991 e. The van der Waals surface area contributed by atoms with Gasteiger partial charge in [0.15, 0.2) is 0 Å². The van der Waals surface area contributed by atoms with E-state index < -0.39 is 0 Å². The van der Waals surface area contributed by atoms with Gasteiger partial charge in [0.2, 0.25) is 0 Å². The minimum absolute atomic E-state index is 0. The van der Waals surface area contributed by atoms with Gasteiger partial charge in [-0.2, -0.15) is 0 Å². The fraction of sp³-hybridized carbons (Fsp3) is 0.143. The summed E-state index contributed by atoms with van der Waals surface area (Å²) in [4.78, 5) is 0. The second kappa shape index (κ2) is 3.41. The molecule has 0 aromatic heterocycles. The Hall–Kier alpha value is -0.780. The highest BCUT2D eigenvalue weighted by Gasteiger charge is 1.68. The van der Waals surface area contributed by atoms with Gasteiger partial charge in [-0.3, -0.25) is 0 Å². The summed E-state index contributed by atoms with van der Waals surface area (Å²) in [5, 5.41) is 0. The predicted molar refractivity (Wildman–Crippen MR) is 36.3 cm³/mol. The van der Waals surface area contributed by atoms with E-state index in [2.05, 4.69) is 13.2 Å². The molecule has 0 unspecified atom stereocenters. The van der Waals surface area contributed by atoms with Gasteiger partial charge in [0, 0.05) is 1.43 Å². The van der Waals surface area contributed by atoms with Crippen LogP contribution in [-0.4, -0.2) is 0 Å². The lowest BCUT2D eigenvalue weighted by Gasteiger charge is -1.80. The Morgan fingerprint density at radius 3 is 2.29 bits per heavy atom. The summed E-state index contributed by atoms with van der Waals surface area (Å²) in [6.45, 7) is 9.07. The van der Waals surface area contributed by atoms with Crippen molar-refractivity contribution in [1.29, 1.82) is 0 Å². The fourth-order valence-electron chi connectivity index (χ4n) is 0.254. The number of hydrogen-bond donors (Lipinski definition) is 0. The molecule has 0 nitrogen and oxygen atoms in total. The summed E-state index contributed by atoms with van der Waals surface area (Å²) >= 11 is 0. The maximum atomic E-state index is 3.56. The second-order valence-electron chi connectivity index (χ2n) is 1.35. The molecule has 0 spiro atoms. The highest BCUT2D eigenvalue weighted by molar-refractivity contribution is 5.17. The molecule has 0 aromatic carbocycles. The van der Waals surface area contributed by atoms with Crippen LogP contribution in [0.5, 0.6) is 0 Å². The molecule has 0 amide bonds. The predicted octanol–water partition coefficient (Wildman–Crippen LogP) is 2.55. The standard InChI is InChI=1S/C7H10.H2/c1-4-6-7(3)5-2;/h4-6H,1-2H2,3H3;1H/b7-6-;. The van der Waals surface area contributed by atoms with Crippen molar-refractivity contribution in [3.05, 3.63) is 37.0 Å². The van der Waals surface area contributed by atoms with Crippen LogP contribution in [0.25, 0.3) is 0 Å². The lowest BCUT2D eigenvalue weighted by atomic mass is 10.3. The Kier molecular flexibility index (Phi) is 3.03. The van der Waals surface area contributed by atoms with Gasteiger partial charge >= 0.3 is 0 Å². The molecule has 40 valence electrons. The zero-order valence-corrected chi connectivity index (χ0v) is 4.65. The summed E-state index contributed by atoms with van der Waals surface area (Å²) in [5.74, 6) is 0. The van der Waals surface area contributed by atoms with Crippen LogP contribution in [0.2, 0.25) is 0 Å². The minimum atomic E-state index is 0. The van der Waals surface area contributed by atoms with Crippen LogP contribution in [0, 0.1) is 0 Å². The van der Waals surface area contributed by atoms with Crippen molar-refractivity contribution >= 4 is 0 Å². The molecule has 0 heterocycles. The third kappa shape index (κ3) is 3.04. The Labute approximate surface area is 46.3 Å². The van der Waals surface area contributed by atoms with Gasteiger partial charge in [0.1, 0.15) is 0 Å². The molecule has 0 heteroatoms. The van der Waals surface area contributed by atoms with Crippen LogP contribution in [0.3, 0.4) is 0 Å². The largest absolute Gasteiger partial charge is 0.0991 e. The lowest BCUT2D eigenvalue weighted by molar-refractivity contribution is 1.54. The first-order valence-corrected chi connectivity index (χ1v) is 2.23. The van der Waals surface area contributed by atoms with Crippen molar-refractivity contribution in [2.45, 2.75) is 6.92 Å². The van der Waals surface area contributed by atoms with Gasteiger partial charge in [-0.25, -0.2) is 0 Å². The first-order valence-electron chi connectivity index (χ1n) is 2.23. The zero-order valence-electron chi connectivity index (χ0n) is 4.65. The monoisotopic (exact) mass is 96.1 g/mol. The van der Waals surface area contributed by atoms with Crippen LogP contribution < -0.4 is 0 Å². The summed E-state index contributed by atoms with van der Waals surface area (Å²) < 4.78 is 0. The topological polar surface area (TPSA) is 0 Å². The summed E-state index contributed by atoms with van der Waals surface area (Å²) in [5.41, 5.74) is 1.15. The van der Waals surface area contributed by atoms with E-state index in [9.17, 15) is 0 Å². The molecule has 0 saturated carbocycles. The van der Waals surface area contributed by atoms with Crippen molar-refractivity contribution in [2.75, 3.05) is 0 Å². The third-order valence-electron chi connectivity index (χ3n) is 0.703. The molecule has 0 aliphatic heterocycles. The SMILES string of the molecule is C=C/C=C(/C)C=C.[HH]. The molecule has 0 aromatic rings. The van der Waals surface area contributed by atoms with Gasteiger partial charge in [0.05, 0.1) is 0 Å². The number of allylic oxidation sites excluding steroid dienone is 4. The lowest BCUT2D eigenvalue weighted by Crippen LogP contribution is -1.58. The highest BCUT2D eigenvalue weighted by atomic mass is 13.8. The van der Waals surface area contributed by atoms with E-state index in [0.29, 0.717) is 0 Å². The van der Waals surface area contributed by atoms with E-state index in [1.54, 1.807) is 12.2 Å². The van der Waals surface area contributed by atoms with Gasteiger partial charge in [-0.15, -0.1) is 0 Å². The van der Waals surface area contributed by atoms with Crippen molar-refractivity contribution in [1.82, 2.24) is 0 Å². The molecule has 0 radical (unpaired) electrons. The Morgan fingerprint density at radius 1 is 1.57 bits per heavy atom. The second-order valence-corrected chi connectivity index (χ2v) is 1.35. The van der Waals surface area contributed by atoms with E-state index in [-0.39, 0.29) is 1.43 Å². The van der Waals surface area contributed by atoms with Gasteiger partial charge in [-0.05, 0) is 6.92 Å². The Balaban J connectivity index is 0. The quantitative estimate of drug-likeness (QED) is 0.463. The number of rotatable bonds is 2. The third-order valence-corrected chi connectivity index (χ3v) is 0.703. The molecule has 0 aliphatic rings. The van der Waals surface area contributed by atoms with Crippen LogP contribution in [0.1, 0.15) is 8.35 Å². The molecule has 0 bridgehead atoms. The van der Waals surface area contributed by atoms with E-state index in [0.717, 1.165) is 5.57 Å². The smallest absolute Gasteiger partial charge is 0 e. The molecule has 7 heavy (non-hydrogen) atoms. The van der Waals surface area contributed by atoms with Gasteiger partial charge in [-0.1, -0.05) is 37.0 Å². The summed E-state index contributed by atoms with van der Waals surface area (Å²) in [6, 6.07) is 0. The summed E-state index contributed by atoms with van der Waals surface area (Å²) in [7, 11) is 0. The molecule has 0 aliphatic carbocycles. The van der Waals surface area contributed by atoms with E-state index in [4.69, 9.17) is 0 Å². The Bertz CT molecular complexity index is 101. The van der Waals surface area contributed by atoms with Crippen molar-refractivity contribution in [2.24, 2.45) is 0 Å². The first kappa shape index (κ1) is 6.22. The van der Waals surface area contributed by atoms with Crippen molar-refractivity contribution < 1.29 is 1.43 Å². The fourth-order valence-corrected chi connectivity index (χ4v) is 0.254. The maximum absolute atomic E-state index is 3.56. The highest BCUT2D eigenvalue weighted by Crippen LogP contribution is 1.90. The van der Waals surface area contributed by atoms with Crippen LogP contribution in [0.15, 0.2) is 37.0 Å². The molecule has 0 atom stereocenters. The van der Waals surface area contributed by atoms with E-state index in [1.165, 1.54) is 0 Å². The van der Waals surface area contributed by atoms with E-state index in [1.807, 2.05) is 13.0 Å². The maximum Gasteiger partial charge on any atom is 0 e. The van der Waals surface area contributed by atoms with Crippen LogP contribution in [0.4, 0.5) is 0 Å². The Morgan fingerprint density at radius 2 is 2.14 bits per heavy atom. The molecule has 0 fully saturated rings. The van der Waals surface area contributed by atoms with E-state index >= 15 is 0 Å². The first-order chi connectivity index (χ1) is 3.31. The molecule has 0 rings (SSSR count). The van der Waals surface area contributed by atoms with Gasteiger partial charge in [0.25, 0.3) is 0 Å². The molecule has 0 saturated heterocycles. The number of hydrogen-bond acceptors (Lipinski definition) is 0. The molecular weight excluding hydrogens is 84.1 g/mol.